The number of nitrogens with one attached hydrogen (secondary N) is 1. The third kappa shape index (κ3) is 5.00. The quantitative estimate of drug-likeness (QED) is 0.359. The summed E-state index contributed by atoms with van der Waals surface area (Å²) in [5.74, 6) is 3.78. The molecule has 5 rings (SSSR count). The molecule has 8 nitrogen and oxygen atoms in total. The minimum Gasteiger partial charge on any atom is -0.492 e. The van der Waals surface area contributed by atoms with Crippen molar-refractivity contribution in [2.24, 2.45) is 0 Å². The van der Waals surface area contributed by atoms with Crippen LogP contribution in [0.1, 0.15) is 16.8 Å². The maximum atomic E-state index is 5.97. The van der Waals surface area contributed by atoms with Gasteiger partial charge in [0.2, 0.25) is 5.95 Å². The summed E-state index contributed by atoms with van der Waals surface area (Å²) < 4.78 is 7.98. The van der Waals surface area contributed by atoms with Crippen LogP contribution in [0.3, 0.4) is 0 Å². The molecule has 1 N–H and O–H groups in total. The summed E-state index contributed by atoms with van der Waals surface area (Å²) in [7, 11) is 0. The molecular formula is C26H21N7O. The van der Waals surface area contributed by atoms with Crippen molar-refractivity contribution in [3.8, 4) is 18.1 Å². The highest BCUT2D eigenvalue weighted by atomic mass is 16.5. The second-order valence-corrected chi connectivity index (χ2v) is 7.60. The third-order valence-corrected chi connectivity index (χ3v) is 5.18. The van der Waals surface area contributed by atoms with E-state index >= 15 is 0 Å². The van der Waals surface area contributed by atoms with Crippen molar-refractivity contribution in [3.05, 3.63) is 96.7 Å². The molecule has 0 atom stereocenters. The van der Waals surface area contributed by atoms with Crippen LogP contribution in [0, 0.1) is 12.3 Å². The highest BCUT2D eigenvalue weighted by Crippen LogP contribution is 2.26. The zero-order valence-corrected chi connectivity index (χ0v) is 18.3. The highest BCUT2D eigenvalue weighted by Gasteiger charge is 2.09. The molecule has 0 fully saturated rings. The summed E-state index contributed by atoms with van der Waals surface area (Å²) in [5, 5.41) is 4.13. The van der Waals surface area contributed by atoms with Crippen molar-refractivity contribution in [1.82, 2.24) is 29.5 Å². The molecule has 34 heavy (non-hydrogen) atoms. The van der Waals surface area contributed by atoms with Crippen LogP contribution in [-0.4, -0.2) is 36.1 Å². The second-order valence-electron chi connectivity index (χ2n) is 7.60. The summed E-state index contributed by atoms with van der Waals surface area (Å²) in [4.78, 5) is 21.6. The van der Waals surface area contributed by atoms with Gasteiger partial charge in [-0.05, 0) is 23.8 Å². The van der Waals surface area contributed by atoms with Crippen LogP contribution in [0.4, 0.5) is 11.6 Å². The summed E-state index contributed by atoms with van der Waals surface area (Å²) >= 11 is 0. The number of hydrogen-bond acceptors (Lipinski definition) is 7. The Morgan fingerprint density at radius 3 is 2.82 bits per heavy atom. The Balaban J connectivity index is 1.33. The molecule has 0 bridgehead atoms. The maximum absolute atomic E-state index is 5.97. The lowest BCUT2D eigenvalue weighted by molar-refractivity contribution is 0.320. The Morgan fingerprint density at radius 1 is 1.03 bits per heavy atom. The fraction of sp³-hybridized carbons (Fsp3) is 0.115. The maximum Gasteiger partial charge on any atom is 0.227 e. The number of terminal acetylenes is 1. The first-order chi connectivity index (χ1) is 16.8. The predicted molar refractivity (Wildman–Crippen MR) is 130 cm³/mol. The van der Waals surface area contributed by atoms with E-state index < -0.39 is 0 Å². The van der Waals surface area contributed by atoms with E-state index in [4.69, 9.17) is 11.2 Å². The first-order valence-electron chi connectivity index (χ1n) is 10.7. The number of ether oxygens (including phenoxy) is 1. The lowest BCUT2D eigenvalue weighted by Crippen LogP contribution is -2.05. The van der Waals surface area contributed by atoms with E-state index in [-0.39, 0.29) is 0 Å². The molecule has 0 amide bonds. The molecule has 166 valence electrons. The monoisotopic (exact) mass is 447 g/mol. The van der Waals surface area contributed by atoms with Crippen LogP contribution in [0.15, 0.2) is 79.9 Å². The average Bonchev–Trinajstić information content (AvgIpc) is 3.37. The molecule has 0 spiro atoms. The SMILES string of the molecule is C#Cc1cc2cnc(Nc3cccc(Cn4ccnc4)c3)nc2cc1OCCc1cnccn1. The number of rotatable bonds is 8. The minimum absolute atomic E-state index is 0.429. The van der Waals surface area contributed by atoms with Gasteiger partial charge < -0.3 is 14.6 Å². The summed E-state index contributed by atoms with van der Waals surface area (Å²) in [6.07, 6.45) is 18.6. The van der Waals surface area contributed by atoms with Crippen LogP contribution in [0.5, 0.6) is 5.75 Å². The molecule has 0 unspecified atom stereocenters. The lowest BCUT2D eigenvalue weighted by atomic mass is 10.1. The highest BCUT2D eigenvalue weighted by molar-refractivity contribution is 5.83. The largest absolute Gasteiger partial charge is 0.492 e. The zero-order valence-electron chi connectivity index (χ0n) is 18.3. The summed E-state index contributed by atoms with van der Waals surface area (Å²) in [5.41, 5.74) is 4.29. The zero-order chi connectivity index (χ0) is 23.2. The Labute approximate surface area is 196 Å². The molecule has 0 radical (unpaired) electrons. The number of anilines is 2. The molecule has 0 saturated carbocycles. The fourth-order valence-corrected chi connectivity index (χ4v) is 3.54. The number of benzene rings is 2. The fourth-order valence-electron chi connectivity index (χ4n) is 3.54. The van der Waals surface area contributed by atoms with E-state index in [0.717, 1.165) is 34.4 Å². The first kappa shape index (κ1) is 21.1. The van der Waals surface area contributed by atoms with Crippen LogP contribution in [0.25, 0.3) is 10.9 Å². The van der Waals surface area contributed by atoms with Gasteiger partial charge in [-0.25, -0.2) is 15.0 Å². The van der Waals surface area contributed by atoms with E-state index in [1.165, 1.54) is 0 Å². The van der Waals surface area contributed by atoms with E-state index in [1.807, 2.05) is 35.0 Å². The molecule has 0 saturated heterocycles. The van der Waals surface area contributed by atoms with Crippen LogP contribution >= 0.6 is 0 Å². The Hall–Kier alpha value is -4.77. The van der Waals surface area contributed by atoms with Crippen molar-refractivity contribution in [3.63, 3.8) is 0 Å². The van der Waals surface area contributed by atoms with Crippen molar-refractivity contribution in [2.75, 3.05) is 11.9 Å². The Bertz CT molecular complexity index is 1440. The topological polar surface area (TPSA) is 90.6 Å². The van der Waals surface area contributed by atoms with Crippen molar-refractivity contribution < 1.29 is 4.74 Å². The number of hydrogen-bond donors (Lipinski definition) is 1. The molecular weight excluding hydrogens is 426 g/mol. The first-order valence-corrected chi connectivity index (χ1v) is 10.7. The van der Waals surface area contributed by atoms with E-state index in [9.17, 15) is 0 Å². The molecule has 3 heterocycles. The Morgan fingerprint density at radius 2 is 2.00 bits per heavy atom. The van der Waals surface area contributed by atoms with Gasteiger partial charge in [0, 0.05) is 67.3 Å². The molecule has 0 aliphatic rings. The number of aromatic nitrogens is 6. The second kappa shape index (κ2) is 9.79. The van der Waals surface area contributed by atoms with Crippen molar-refractivity contribution >= 4 is 22.5 Å². The van der Waals surface area contributed by atoms with E-state index in [1.54, 1.807) is 37.3 Å². The molecule has 0 aliphatic heterocycles. The van der Waals surface area contributed by atoms with Gasteiger partial charge >= 0.3 is 0 Å². The van der Waals surface area contributed by atoms with Crippen LogP contribution < -0.4 is 10.1 Å². The standard InChI is InChI=1S/C26H21N7O/c1-2-20-13-21-15-30-26(31-22-5-3-4-19(12-22)17-33-10-9-28-18-33)32-24(21)14-25(20)34-11-6-23-16-27-7-8-29-23/h1,3-5,7-10,12-16,18H,6,11,17H2,(H,30,31,32). The Kier molecular flexibility index (Phi) is 6.08. The average molecular weight is 448 g/mol. The van der Waals surface area contributed by atoms with Gasteiger partial charge in [0.05, 0.1) is 29.7 Å². The van der Waals surface area contributed by atoms with Gasteiger partial charge in [-0.2, -0.15) is 0 Å². The predicted octanol–water partition coefficient (Wildman–Crippen LogP) is 4.01. The van der Waals surface area contributed by atoms with Gasteiger partial charge in [0.25, 0.3) is 0 Å². The normalized spacial score (nSPS) is 10.7. The number of imidazole rings is 1. The summed E-state index contributed by atoms with van der Waals surface area (Å²) in [6, 6.07) is 11.8. The van der Waals surface area contributed by atoms with Crippen LogP contribution in [-0.2, 0) is 13.0 Å². The van der Waals surface area contributed by atoms with Gasteiger partial charge in [0.1, 0.15) is 5.75 Å². The van der Waals surface area contributed by atoms with Gasteiger partial charge in [0.15, 0.2) is 0 Å². The molecule has 8 heteroatoms. The van der Waals surface area contributed by atoms with Crippen molar-refractivity contribution in [1.29, 1.82) is 0 Å². The summed E-state index contributed by atoms with van der Waals surface area (Å²) in [6.45, 7) is 1.16. The smallest absolute Gasteiger partial charge is 0.227 e. The minimum atomic E-state index is 0.429. The third-order valence-electron chi connectivity index (χ3n) is 5.18. The number of nitrogens with zero attached hydrogens (tertiary/aromatic N) is 6. The lowest BCUT2D eigenvalue weighted by Gasteiger charge is -2.11. The van der Waals surface area contributed by atoms with Gasteiger partial charge in [-0.3, -0.25) is 9.97 Å². The molecule has 0 aliphatic carbocycles. The molecule has 5 aromatic rings. The van der Waals surface area contributed by atoms with Gasteiger partial charge in [-0.1, -0.05) is 18.1 Å². The van der Waals surface area contributed by atoms with Gasteiger partial charge in [-0.15, -0.1) is 6.42 Å². The van der Waals surface area contributed by atoms with Crippen molar-refractivity contribution in [2.45, 2.75) is 13.0 Å². The molecule has 3 aromatic heterocycles. The number of fused-ring (bicyclic) bond motifs is 1. The van der Waals surface area contributed by atoms with Crippen LogP contribution in [0.2, 0.25) is 0 Å². The van der Waals surface area contributed by atoms with E-state index in [0.29, 0.717) is 30.3 Å². The molecule has 2 aromatic carbocycles. The van der Waals surface area contributed by atoms with E-state index in [2.05, 4.69) is 48.3 Å².